The van der Waals surface area contributed by atoms with Gasteiger partial charge in [-0.1, -0.05) is 12.1 Å². The summed E-state index contributed by atoms with van der Waals surface area (Å²) in [6.45, 7) is 8.80. The van der Waals surface area contributed by atoms with Crippen LogP contribution in [-0.4, -0.2) is 101 Å². The lowest BCUT2D eigenvalue weighted by atomic mass is 9.96. The molecular weight excluding hydrogens is 590 g/mol. The van der Waals surface area contributed by atoms with Crippen molar-refractivity contribution in [3.63, 3.8) is 0 Å². The molecule has 234 valence electrons. The van der Waals surface area contributed by atoms with Crippen molar-refractivity contribution in [3.8, 4) is 11.4 Å². The first-order valence-electron chi connectivity index (χ1n) is 15.5. The van der Waals surface area contributed by atoms with E-state index in [0.29, 0.717) is 37.3 Å². The van der Waals surface area contributed by atoms with Crippen LogP contribution in [0.25, 0.3) is 32.5 Å². The molecule has 2 aliphatic heterocycles. The van der Waals surface area contributed by atoms with E-state index >= 15 is 0 Å². The van der Waals surface area contributed by atoms with Crippen LogP contribution >= 0.6 is 11.3 Å². The minimum absolute atomic E-state index is 0.333. The third-order valence-corrected chi connectivity index (χ3v) is 9.59. The first-order valence-corrected chi connectivity index (χ1v) is 16.4. The number of aromatic nitrogens is 6. The second-order valence-corrected chi connectivity index (χ2v) is 12.8. The van der Waals surface area contributed by atoms with Crippen LogP contribution in [0.3, 0.4) is 0 Å². The smallest absolute Gasteiger partial charge is 0.341 e. The number of thiophene rings is 1. The minimum atomic E-state index is -0.388. The van der Waals surface area contributed by atoms with Crippen LogP contribution in [0.2, 0.25) is 0 Å². The molecule has 0 bridgehead atoms. The maximum atomic E-state index is 11.9. The van der Waals surface area contributed by atoms with E-state index in [4.69, 9.17) is 19.4 Å². The van der Waals surface area contributed by atoms with Crippen LogP contribution in [0.1, 0.15) is 35.0 Å². The molecule has 0 aliphatic carbocycles. The standard InChI is InChI=1S/C32H37N9O3S/c1-3-44-31(42)22-16-33-32(34-17-22)41-9-7-21(8-10-41)19-39(2)20-23-15-27-28(45-23)30(40-11-13-43-14-12-40)37-29(36-27)24-5-4-6-26-25(24)18-35-38-26/h4-6,15-18,21H,3,7-14,19-20H2,1-2H3,(H,35,38). The van der Waals surface area contributed by atoms with Crippen LogP contribution in [0, 0.1) is 5.92 Å². The molecule has 0 unspecified atom stereocenters. The van der Waals surface area contributed by atoms with Gasteiger partial charge in [-0.3, -0.25) is 5.10 Å². The highest BCUT2D eigenvalue weighted by atomic mass is 32.1. The molecule has 6 heterocycles. The fourth-order valence-corrected chi connectivity index (χ4v) is 7.40. The number of hydrogen-bond donors (Lipinski definition) is 1. The molecule has 0 saturated carbocycles. The van der Waals surface area contributed by atoms with Crippen LogP contribution in [0.4, 0.5) is 11.8 Å². The van der Waals surface area contributed by atoms with E-state index in [1.807, 2.05) is 18.3 Å². The maximum absolute atomic E-state index is 11.9. The fourth-order valence-electron chi connectivity index (χ4n) is 6.21. The van der Waals surface area contributed by atoms with E-state index in [9.17, 15) is 4.79 Å². The number of nitrogens with zero attached hydrogens (tertiary/aromatic N) is 8. The van der Waals surface area contributed by atoms with E-state index in [1.165, 1.54) is 4.88 Å². The van der Waals surface area contributed by atoms with Gasteiger partial charge >= 0.3 is 5.97 Å². The summed E-state index contributed by atoms with van der Waals surface area (Å²) in [5, 5.41) is 8.33. The fraction of sp³-hybridized carbons (Fsp3) is 0.438. The van der Waals surface area contributed by atoms with Gasteiger partial charge < -0.3 is 24.2 Å². The number of anilines is 2. The summed E-state index contributed by atoms with van der Waals surface area (Å²) in [4.78, 5) is 39.2. The van der Waals surface area contributed by atoms with E-state index in [-0.39, 0.29) is 5.97 Å². The third-order valence-electron chi connectivity index (χ3n) is 8.48. The molecule has 1 aromatic carbocycles. The van der Waals surface area contributed by atoms with Gasteiger partial charge in [-0.25, -0.2) is 24.7 Å². The molecule has 5 aromatic rings. The first kappa shape index (κ1) is 29.5. The predicted octanol–water partition coefficient (Wildman–Crippen LogP) is 4.39. The van der Waals surface area contributed by atoms with Crippen molar-refractivity contribution in [3.05, 3.63) is 53.3 Å². The number of aromatic amines is 1. The Morgan fingerprint density at radius 1 is 1.09 bits per heavy atom. The number of H-pyrrole nitrogens is 1. The maximum Gasteiger partial charge on any atom is 0.341 e. The monoisotopic (exact) mass is 627 g/mol. The number of hydrogen-bond acceptors (Lipinski definition) is 12. The molecule has 0 amide bonds. The SMILES string of the molecule is CCOC(=O)c1cnc(N2CCC(CN(C)Cc3cc4nc(-c5cccc6[nH]ncc56)nc(N5CCOCC5)c4s3)CC2)nc1. The highest BCUT2D eigenvalue weighted by molar-refractivity contribution is 7.19. The summed E-state index contributed by atoms with van der Waals surface area (Å²) in [5.74, 6) is 2.58. The van der Waals surface area contributed by atoms with Crippen molar-refractivity contribution in [1.29, 1.82) is 0 Å². The van der Waals surface area contributed by atoms with Crippen molar-refractivity contribution >= 4 is 50.2 Å². The molecule has 1 N–H and O–H groups in total. The van der Waals surface area contributed by atoms with Gasteiger partial charge in [-0.15, -0.1) is 11.3 Å². The lowest BCUT2D eigenvalue weighted by Gasteiger charge is -2.33. The van der Waals surface area contributed by atoms with Crippen molar-refractivity contribution < 1.29 is 14.3 Å². The summed E-state index contributed by atoms with van der Waals surface area (Å²) in [7, 11) is 2.20. The van der Waals surface area contributed by atoms with Gasteiger partial charge in [0.1, 0.15) is 0 Å². The molecule has 2 aliphatic rings. The second kappa shape index (κ2) is 13.0. The first-order chi connectivity index (χ1) is 22.1. The van der Waals surface area contributed by atoms with Crippen LogP contribution in [0.15, 0.2) is 42.9 Å². The Morgan fingerprint density at radius 2 is 1.89 bits per heavy atom. The summed E-state index contributed by atoms with van der Waals surface area (Å²) < 4.78 is 11.8. The van der Waals surface area contributed by atoms with Crippen molar-refractivity contribution in [2.45, 2.75) is 26.3 Å². The summed E-state index contributed by atoms with van der Waals surface area (Å²) in [5.41, 5.74) is 3.32. The quantitative estimate of drug-likeness (QED) is 0.234. The van der Waals surface area contributed by atoms with E-state index in [1.54, 1.807) is 30.7 Å². The molecular formula is C32H37N9O3S. The Bertz CT molecular complexity index is 1780. The summed E-state index contributed by atoms with van der Waals surface area (Å²) >= 11 is 1.80. The number of carbonyl (C=O) groups is 1. The average molecular weight is 628 g/mol. The zero-order valence-corrected chi connectivity index (χ0v) is 26.4. The number of fused-ring (bicyclic) bond motifs is 2. The predicted molar refractivity (Wildman–Crippen MR) is 175 cm³/mol. The Balaban J connectivity index is 1.04. The van der Waals surface area contributed by atoms with Gasteiger partial charge in [0.15, 0.2) is 11.6 Å². The van der Waals surface area contributed by atoms with Gasteiger partial charge in [0.05, 0.1) is 47.3 Å². The molecule has 2 fully saturated rings. The molecule has 12 nitrogen and oxygen atoms in total. The molecule has 13 heteroatoms. The topological polar surface area (TPSA) is 125 Å². The van der Waals surface area contributed by atoms with Crippen molar-refractivity contribution in [1.82, 2.24) is 35.0 Å². The van der Waals surface area contributed by atoms with Gasteiger partial charge in [-0.2, -0.15) is 5.10 Å². The molecule has 4 aromatic heterocycles. The van der Waals surface area contributed by atoms with E-state index in [2.05, 4.69) is 54.0 Å². The van der Waals surface area contributed by atoms with Crippen LogP contribution in [0.5, 0.6) is 0 Å². The third kappa shape index (κ3) is 6.33. The number of morpholine rings is 1. The molecule has 0 atom stereocenters. The summed E-state index contributed by atoms with van der Waals surface area (Å²) in [6, 6.07) is 8.35. The van der Waals surface area contributed by atoms with Gasteiger partial charge in [0.2, 0.25) is 5.95 Å². The second-order valence-electron chi connectivity index (χ2n) is 11.7. The zero-order valence-electron chi connectivity index (χ0n) is 25.6. The number of carbonyl (C=O) groups excluding carboxylic acids is 1. The van der Waals surface area contributed by atoms with E-state index in [0.717, 1.165) is 90.4 Å². The molecule has 2 saturated heterocycles. The van der Waals surface area contributed by atoms with E-state index < -0.39 is 0 Å². The Hall–Kier alpha value is -4.20. The highest BCUT2D eigenvalue weighted by Gasteiger charge is 2.24. The number of piperidine rings is 1. The van der Waals surface area contributed by atoms with Gasteiger partial charge in [-0.05, 0) is 44.9 Å². The summed E-state index contributed by atoms with van der Waals surface area (Å²) in [6.07, 6.45) is 7.09. The molecule has 0 radical (unpaired) electrons. The number of rotatable bonds is 9. The lowest BCUT2D eigenvalue weighted by molar-refractivity contribution is 0.0525. The number of nitrogens with one attached hydrogen (secondary N) is 1. The number of benzene rings is 1. The largest absolute Gasteiger partial charge is 0.462 e. The minimum Gasteiger partial charge on any atom is -0.462 e. The van der Waals surface area contributed by atoms with Gasteiger partial charge in [0, 0.05) is 67.5 Å². The van der Waals surface area contributed by atoms with Crippen LogP contribution in [-0.2, 0) is 16.0 Å². The molecule has 45 heavy (non-hydrogen) atoms. The highest BCUT2D eigenvalue weighted by Crippen LogP contribution is 2.36. The zero-order chi connectivity index (χ0) is 30.8. The number of esters is 1. The van der Waals surface area contributed by atoms with Crippen molar-refractivity contribution in [2.75, 3.05) is 69.4 Å². The molecule has 0 spiro atoms. The average Bonchev–Trinajstić information content (AvgIpc) is 3.72. The Labute approximate surface area is 265 Å². The Kier molecular flexibility index (Phi) is 8.55. The number of ether oxygens (including phenoxy) is 2. The molecule has 7 rings (SSSR count). The van der Waals surface area contributed by atoms with Crippen molar-refractivity contribution in [2.24, 2.45) is 5.92 Å². The van der Waals surface area contributed by atoms with Gasteiger partial charge in [0.25, 0.3) is 0 Å². The normalized spacial score (nSPS) is 16.2. The lowest BCUT2D eigenvalue weighted by Crippen LogP contribution is -2.38. The Morgan fingerprint density at radius 3 is 2.67 bits per heavy atom. The van der Waals surface area contributed by atoms with Crippen LogP contribution < -0.4 is 9.80 Å².